The van der Waals surface area contributed by atoms with E-state index in [-0.39, 0.29) is 6.10 Å². The molecule has 0 radical (unpaired) electrons. The lowest BCUT2D eigenvalue weighted by Crippen LogP contribution is -2.49. The molecule has 2 heterocycles. The molecule has 2 fully saturated rings. The lowest BCUT2D eigenvalue weighted by atomic mass is 9.99. The van der Waals surface area contributed by atoms with Crippen LogP contribution in [0.5, 0.6) is 0 Å². The Hall–Kier alpha value is -0.420. The first-order valence-corrected chi connectivity index (χ1v) is 8.09. The van der Waals surface area contributed by atoms with Crippen LogP contribution in [0.15, 0.2) is 12.7 Å². The summed E-state index contributed by atoms with van der Waals surface area (Å²) in [5.74, 6) is 0.827. The van der Waals surface area contributed by atoms with E-state index in [0.29, 0.717) is 0 Å². The van der Waals surface area contributed by atoms with Crippen molar-refractivity contribution in [2.75, 3.05) is 52.5 Å². The number of hydrogen-bond acceptors (Lipinski definition) is 4. The second-order valence-corrected chi connectivity index (χ2v) is 6.18. The average molecular weight is 282 g/mol. The van der Waals surface area contributed by atoms with Crippen molar-refractivity contribution in [2.24, 2.45) is 5.92 Å². The first kappa shape index (κ1) is 16.0. The molecule has 2 aliphatic heterocycles. The smallest absolute Gasteiger partial charge is 0.0670 e. The fourth-order valence-electron chi connectivity index (χ4n) is 3.15. The number of nitrogens with zero attached hydrogens (tertiary/aromatic N) is 2. The molecule has 0 saturated carbocycles. The Bertz CT molecular complexity index is 272. The highest BCUT2D eigenvalue weighted by atomic mass is 16.5. The number of allylic oxidation sites excluding steroid dienone is 1. The van der Waals surface area contributed by atoms with E-state index in [1.165, 1.54) is 19.4 Å². The van der Waals surface area contributed by atoms with Gasteiger partial charge in [0.15, 0.2) is 0 Å². The summed E-state index contributed by atoms with van der Waals surface area (Å²) in [5.41, 5.74) is 0. The van der Waals surface area contributed by atoms with Crippen LogP contribution in [-0.2, 0) is 4.74 Å². The number of piperazine rings is 1. The molecule has 2 rings (SSSR count). The Morgan fingerprint density at radius 3 is 2.45 bits per heavy atom. The van der Waals surface area contributed by atoms with Crippen molar-refractivity contribution in [3.63, 3.8) is 0 Å². The van der Waals surface area contributed by atoms with Gasteiger partial charge in [0.25, 0.3) is 0 Å². The van der Waals surface area contributed by atoms with Crippen LogP contribution in [0.3, 0.4) is 0 Å². The molecule has 116 valence electrons. The molecule has 0 aliphatic carbocycles. The van der Waals surface area contributed by atoms with Crippen LogP contribution in [-0.4, -0.2) is 73.5 Å². The number of hydrogen-bond donors (Lipinski definition) is 1. The van der Waals surface area contributed by atoms with Crippen LogP contribution in [0.2, 0.25) is 0 Å². The third-order valence-corrected chi connectivity index (χ3v) is 4.50. The summed E-state index contributed by atoms with van der Waals surface area (Å²) in [7, 11) is 0. The largest absolute Gasteiger partial charge is 0.392 e. The van der Waals surface area contributed by atoms with Crippen LogP contribution in [0.4, 0.5) is 0 Å². The summed E-state index contributed by atoms with van der Waals surface area (Å²) >= 11 is 0. The Morgan fingerprint density at radius 2 is 1.80 bits per heavy atom. The van der Waals surface area contributed by atoms with E-state index < -0.39 is 0 Å². The van der Waals surface area contributed by atoms with E-state index in [9.17, 15) is 5.11 Å². The molecule has 0 amide bonds. The lowest BCUT2D eigenvalue weighted by molar-refractivity contribution is 0.0336. The molecule has 0 spiro atoms. The molecular formula is C16H30N2O2. The highest BCUT2D eigenvalue weighted by molar-refractivity contribution is 4.78. The maximum atomic E-state index is 9.94. The van der Waals surface area contributed by atoms with Crippen LogP contribution >= 0.6 is 0 Å². The summed E-state index contributed by atoms with van der Waals surface area (Å²) < 4.78 is 5.42. The number of aliphatic hydroxyl groups excluding tert-OH is 1. The maximum Gasteiger partial charge on any atom is 0.0670 e. The highest BCUT2D eigenvalue weighted by Crippen LogP contribution is 2.17. The Balaban J connectivity index is 1.60. The van der Waals surface area contributed by atoms with Gasteiger partial charge < -0.3 is 14.7 Å². The van der Waals surface area contributed by atoms with Crippen LogP contribution in [0.25, 0.3) is 0 Å². The van der Waals surface area contributed by atoms with Gasteiger partial charge in [-0.25, -0.2) is 0 Å². The molecule has 20 heavy (non-hydrogen) atoms. The highest BCUT2D eigenvalue weighted by Gasteiger charge is 2.22. The van der Waals surface area contributed by atoms with Gasteiger partial charge in [0, 0.05) is 52.5 Å². The number of β-amino-alcohol motifs (C(OH)–C–C–N with tert-alkyl or cyclic N) is 1. The number of rotatable bonds is 7. The van der Waals surface area contributed by atoms with Crippen molar-refractivity contribution in [1.82, 2.24) is 9.80 Å². The van der Waals surface area contributed by atoms with Gasteiger partial charge in [0.05, 0.1) is 6.10 Å². The van der Waals surface area contributed by atoms with Crippen molar-refractivity contribution in [1.29, 1.82) is 0 Å². The van der Waals surface area contributed by atoms with E-state index in [2.05, 4.69) is 16.4 Å². The van der Waals surface area contributed by atoms with E-state index >= 15 is 0 Å². The first-order chi connectivity index (χ1) is 9.78. The summed E-state index contributed by atoms with van der Waals surface area (Å²) in [6.07, 6.45) is 5.88. The van der Waals surface area contributed by atoms with Gasteiger partial charge in [-0.15, -0.1) is 6.58 Å². The molecule has 0 aromatic heterocycles. The van der Waals surface area contributed by atoms with E-state index in [0.717, 1.165) is 64.7 Å². The zero-order valence-corrected chi connectivity index (χ0v) is 12.7. The van der Waals surface area contributed by atoms with Gasteiger partial charge in [-0.3, -0.25) is 4.90 Å². The van der Waals surface area contributed by atoms with Crippen LogP contribution in [0, 0.1) is 5.92 Å². The zero-order chi connectivity index (χ0) is 14.2. The number of ether oxygens (including phenoxy) is 1. The molecule has 4 nitrogen and oxygen atoms in total. The normalized spacial score (nSPS) is 24.6. The predicted molar refractivity (Wildman–Crippen MR) is 81.9 cm³/mol. The van der Waals surface area contributed by atoms with Gasteiger partial charge in [-0.1, -0.05) is 6.08 Å². The molecule has 2 saturated heterocycles. The zero-order valence-electron chi connectivity index (χ0n) is 12.7. The van der Waals surface area contributed by atoms with Gasteiger partial charge in [-0.2, -0.15) is 0 Å². The predicted octanol–water partition coefficient (Wildman–Crippen LogP) is 1.36. The Morgan fingerprint density at radius 1 is 1.15 bits per heavy atom. The minimum atomic E-state index is -0.199. The summed E-state index contributed by atoms with van der Waals surface area (Å²) in [6, 6.07) is 0. The lowest BCUT2D eigenvalue weighted by Gasteiger charge is -2.37. The van der Waals surface area contributed by atoms with Crippen molar-refractivity contribution >= 4 is 0 Å². The SMILES string of the molecule is C=CCCC(O)CN1CCN(CC2CCOCC2)CC1. The molecular weight excluding hydrogens is 252 g/mol. The van der Waals surface area contributed by atoms with Crippen molar-refractivity contribution in [2.45, 2.75) is 31.8 Å². The maximum absolute atomic E-state index is 9.94. The van der Waals surface area contributed by atoms with Gasteiger partial charge in [0.1, 0.15) is 0 Å². The molecule has 1 N–H and O–H groups in total. The van der Waals surface area contributed by atoms with Gasteiger partial charge in [0.2, 0.25) is 0 Å². The molecule has 4 heteroatoms. The second-order valence-electron chi connectivity index (χ2n) is 6.18. The minimum absolute atomic E-state index is 0.199. The van der Waals surface area contributed by atoms with Crippen molar-refractivity contribution in [3.05, 3.63) is 12.7 Å². The molecule has 2 aliphatic rings. The third-order valence-electron chi connectivity index (χ3n) is 4.50. The molecule has 0 bridgehead atoms. The van der Waals surface area contributed by atoms with Crippen LogP contribution < -0.4 is 0 Å². The molecule has 1 atom stereocenters. The summed E-state index contributed by atoms with van der Waals surface area (Å²) in [4.78, 5) is 4.98. The van der Waals surface area contributed by atoms with Gasteiger partial charge >= 0.3 is 0 Å². The standard InChI is InChI=1S/C16H30N2O2/c1-2-3-4-16(19)14-18-9-7-17(8-10-18)13-15-5-11-20-12-6-15/h2,15-16,19H,1,3-14H2. The van der Waals surface area contributed by atoms with Crippen molar-refractivity contribution in [3.8, 4) is 0 Å². The van der Waals surface area contributed by atoms with E-state index in [1.54, 1.807) is 0 Å². The summed E-state index contributed by atoms with van der Waals surface area (Å²) in [5, 5.41) is 9.94. The van der Waals surface area contributed by atoms with Crippen LogP contribution in [0.1, 0.15) is 25.7 Å². The fourth-order valence-corrected chi connectivity index (χ4v) is 3.15. The quantitative estimate of drug-likeness (QED) is 0.715. The fraction of sp³-hybridized carbons (Fsp3) is 0.875. The second kappa shape index (κ2) is 8.78. The third kappa shape index (κ3) is 5.52. The van der Waals surface area contributed by atoms with Gasteiger partial charge in [-0.05, 0) is 31.6 Å². The van der Waals surface area contributed by atoms with E-state index in [4.69, 9.17) is 4.74 Å². The molecule has 0 aromatic carbocycles. The van der Waals surface area contributed by atoms with E-state index in [1.807, 2.05) is 6.08 Å². The monoisotopic (exact) mass is 282 g/mol. The molecule has 1 unspecified atom stereocenters. The topological polar surface area (TPSA) is 35.9 Å². The number of aliphatic hydroxyl groups is 1. The Labute approximate surface area is 123 Å². The summed E-state index contributed by atoms with van der Waals surface area (Å²) in [6.45, 7) is 12.1. The van der Waals surface area contributed by atoms with Crippen molar-refractivity contribution < 1.29 is 9.84 Å². The Kier molecular flexibility index (Phi) is 7.00. The average Bonchev–Trinajstić information content (AvgIpc) is 2.48. The first-order valence-electron chi connectivity index (χ1n) is 8.09. The minimum Gasteiger partial charge on any atom is -0.392 e. The molecule has 0 aromatic rings.